The van der Waals surface area contributed by atoms with Gasteiger partial charge in [0.2, 0.25) is 17.5 Å². The van der Waals surface area contributed by atoms with Crippen molar-refractivity contribution < 1.29 is 28.6 Å². The van der Waals surface area contributed by atoms with Crippen LogP contribution in [0.4, 0.5) is 0 Å². The lowest BCUT2D eigenvalue weighted by Gasteiger charge is -2.24. The Morgan fingerprint density at radius 3 is 2.43 bits per heavy atom. The topological polar surface area (TPSA) is 99.3 Å². The molecular weight excluding hydrogens is 450 g/mol. The molecule has 0 fully saturated rings. The van der Waals surface area contributed by atoms with E-state index in [2.05, 4.69) is 21.0 Å². The third-order valence-corrected chi connectivity index (χ3v) is 5.25. The van der Waals surface area contributed by atoms with Gasteiger partial charge in [-0.15, -0.1) is 6.42 Å². The molecule has 0 aliphatic rings. The highest BCUT2D eigenvalue weighted by Crippen LogP contribution is 2.40. The fraction of sp³-hybridized carbons (Fsp3) is 0.385. The minimum Gasteiger partial charge on any atom is -0.493 e. The molecule has 3 rings (SSSR count). The van der Waals surface area contributed by atoms with Crippen LogP contribution in [0.25, 0.3) is 11.4 Å². The summed E-state index contributed by atoms with van der Waals surface area (Å²) in [7, 11) is 4.65. The van der Waals surface area contributed by atoms with Gasteiger partial charge in [-0.1, -0.05) is 41.4 Å². The lowest BCUT2D eigenvalue weighted by molar-refractivity contribution is 0.0259. The standard InChI is InChI=1S/C26H31N3O6/c1-5-13-34-18-21(30)17-29(16-19-9-7-6-8-10-19)12-11-24-27-26(28-35-24)20-14-22(31-2)25(33-4)23(15-20)32-3/h1,6-10,14-15,21,30H,11-13,16-18H2,2-4H3/t21-/m1/s1. The highest BCUT2D eigenvalue weighted by molar-refractivity contribution is 5.66. The van der Waals surface area contributed by atoms with Crippen molar-refractivity contribution in [2.75, 3.05) is 47.6 Å². The van der Waals surface area contributed by atoms with E-state index in [1.54, 1.807) is 33.5 Å². The number of aliphatic hydroxyl groups is 1. The van der Waals surface area contributed by atoms with Crippen molar-refractivity contribution in [2.45, 2.75) is 19.1 Å². The van der Waals surface area contributed by atoms with E-state index in [1.165, 1.54) is 0 Å². The van der Waals surface area contributed by atoms with Crippen LogP contribution in [-0.2, 0) is 17.7 Å². The Morgan fingerprint density at radius 1 is 1.09 bits per heavy atom. The number of ether oxygens (including phenoxy) is 4. The Morgan fingerprint density at radius 2 is 1.80 bits per heavy atom. The van der Waals surface area contributed by atoms with Crippen LogP contribution in [0.3, 0.4) is 0 Å². The molecule has 9 heteroatoms. The monoisotopic (exact) mass is 481 g/mol. The van der Waals surface area contributed by atoms with E-state index >= 15 is 0 Å². The molecule has 0 amide bonds. The zero-order chi connectivity index (χ0) is 25.0. The fourth-order valence-electron chi connectivity index (χ4n) is 3.62. The summed E-state index contributed by atoms with van der Waals surface area (Å²) in [5.74, 6) is 4.79. The molecule has 0 bridgehead atoms. The summed E-state index contributed by atoms with van der Waals surface area (Å²) in [6, 6.07) is 13.6. The van der Waals surface area contributed by atoms with Gasteiger partial charge in [-0.3, -0.25) is 4.90 Å². The van der Waals surface area contributed by atoms with Crippen LogP contribution in [-0.4, -0.2) is 73.9 Å². The summed E-state index contributed by atoms with van der Waals surface area (Å²) >= 11 is 0. The van der Waals surface area contributed by atoms with Crippen molar-refractivity contribution in [1.82, 2.24) is 15.0 Å². The Balaban J connectivity index is 1.70. The third-order valence-electron chi connectivity index (χ3n) is 5.25. The SMILES string of the molecule is C#CCOC[C@H](O)CN(CCc1nc(-c2cc(OC)c(OC)c(OC)c2)no1)Cc1ccccc1. The first kappa shape index (κ1) is 26.0. The van der Waals surface area contributed by atoms with Gasteiger partial charge in [0.1, 0.15) is 6.61 Å². The van der Waals surface area contributed by atoms with E-state index < -0.39 is 6.10 Å². The molecule has 0 aliphatic heterocycles. The van der Waals surface area contributed by atoms with Gasteiger partial charge >= 0.3 is 0 Å². The molecule has 3 aromatic rings. The van der Waals surface area contributed by atoms with E-state index in [1.807, 2.05) is 30.3 Å². The van der Waals surface area contributed by atoms with Crippen molar-refractivity contribution in [2.24, 2.45) is 0 Å². The van der Waals surface area contributed by atoms with Gasteiger partial charge in [0.05, 0.1) is 34.0 Å². The first-order chi connectivity index (χ1) is 17.1. The number of hydrogen-bond donors (Lipinski definition) is 1. The molecule has 2 aromatic carbocycles. The number of hydrogen-bond acceptors (Lipinski definition) is 9. The van der Waals surface area contributed by atoms with Crippen LogP contribution in [0.15, 0.2) is 47.0 Å². The number of methoxy groups -OCH3 is 3. The van der Waals surface area contributed by atoms with Gasteiger partial charge < -0.3 is 28.6 Å². The summed E-state index contributed by atoms with van der Waals surface area (Å²) in [6.07, 6.45) is 5.04. The van der Waals surface area contributed by atoms with E-state index in [9.17, 15) is 5.11 Å². The molecule has 9 nitrogen and oxygen atoms in total. The highest BCUT2D eigenvalue weighted by Gasteiger charge is 2.19. The number of aromatic nitrogens is 2. The van der Waals surface area contributed by atoms with Crippen molar-refractivity contribution in [3.8, 4) is 41.0 Å². The fourth-order valence-corrected chi connectivity index (χ4v) is 3.62. The van der Waals surface area contributed by atoms with Gasteiger partial charge in [-0.25, -0.2) is 0 Å². The van der Waals surface area contributed by atoms with Crippen LogP contribution in [0, 0.1) is 12.3 Å². The lowest BCUT2D eigenvalue weighted by Crippen LogP contribution is -2.36. The lowest BCUT2D eigenvalue weighted by atomic mass is 10.1. The largest absolute Gasteiger partial charge is 0.493 e. The molecule has 0 saturated carbocycles. The molecule has 1 aromatic heterocycles. The second-order valence-electron chi connectivity index (χ2n) is 7.77. The first-order valence-electron chi connectivity index (χ1n) is 11.2. The van der Waals surface area contributed by atoms with E-state index in [0.717, 1.165) is 5.56 Å². The number of aliphatic hydroxyl groups excluding tert-OH is 1. The first-order valence-corrected chi connectivity index (χ1v) is 11.2. The zero-order valence-electron chi connectivity index (χ0n) is 20.3. The maximum Gasteiger partial charge on any atom is 0.228 e. The van der Waals surface area contributed by atoms with E-state index in [4.69, 9.17) is 29.9 Å². The Bertz CT molecular complexity index is 1070. The third kappa shape index (κ3) is 7.45. The van der Waals surface area contributed by atoms with Crippen molar-refractivity contribution in [1.29, 1.82) is 0 Å². The normalized spacial score (nSPS) is 11.8. The number of rotatable bonds is 14. The Labute approximate surface area is 205 Å². The summed E-state index contributed by atoms with van der Waals surface area (Å²) in [4.78, 5) is 6.65. The van der Waals surface area contributed by atoms with Gasteiger partial charge in [0.15, 0.2) is 11.5 Å². The van der Waals surface area contributed by atoms with Crippen molar-refractivity contribution in [3.63, 3.8) is 0 Å². The smallest absolute Gasteiger partial charge is 0.228 e. The quantitative estimate of drug-likeness (QED) is 0.275. The molecule has 186 valence electrons. The van der Waals surface area contributed by atoms with E-state index in [-0.39, 0.29) is 13.2 Å². The maximum absolute atomic E-state index is 10.4. The number of terminal acetylenes is 1. The highest BCUT2D eigenvalue weighted by atomic mass is 16.5. The molecule has 0 radical (unpaired) electrons. The Hall–Kier alpha value is -3.58. The second-order valence-corrected chi connectivity index (χ2v) is 7.77. The predicted octanol–water partition coefficient (Wildman–Crippen LogP) is 2.82. The molecule has 1 N–H and O–H groups in total. The van der Waals surface area contributed by atoms with Crippen LogP contribution >= 0.6 is 0 Å². The van der Waals surface area contributed by atoms with Crippen molar-refractivity contribution >= 4 is 0 Å². The number of benzene rings is 2. The van der Waals surface area contributed by atoms with Crippen molar-refractivity contribution in [3.05, 3.63) is 53.9 Å². The van der Waals surface area contributed by atoms with Gasteiger partial charge in [-0.2, -0.15) is 4.98 Å². The summed E-state index contributed by atoms with van der Waals surface area (Å²) in [5, 5.41) is 14.5. The van der Waals surface area contributed by atoms with Gasteiger partial charge in [-0.05, 0) is 17.7 Å². The Kier molecular flexibility index (Phi) is 9.93. The minimum atomic E-state index is -0.676. The molecule has 0 aliphatic carbocycles. The summed E-state index contributed by atoms with van der Waals surface area (Å²) in [5.41, 5.74) is 1.81. The van der Waals surface area contributed by atoms with E-state index in [0.29, 0.717) is 60.6 Å². The molecule has 0 spiro atoms. The molecule has 0 unspecified atom stereocenters. The molecule has 1 atom stereocenters. The molecule has 35 heavy (non-hydrogen) atoms. The zero-order valence-corrected chi connectivity index (χ0v) is 20.3. The molecule has 0 saturated heterocycles. The predicted molar refractivity (Wildman–Crippen MR) is 130 cm³/mol. The minimum absolute atomic E-state index is 0.168. The van der Waals surface area contributed by atoms with Gasteiger partial charge in [0.25, 0.3) is 0 Å². The maximum atomic E-state index is 10.4. The van der Waals surface area contributed by atoms with Crippen LogP contribution in [0.5, 0.6) is 17.2 Å². The average molecular weight is 482 g/mol. The summed E-state index contributed by atoms with van der Waals surface area (Å²) < 4.78 is 27.0. The van der Waals surface area contributed by atoms with Crippen LogP contribution in [0.1, 0.15) is 11.5 Å². The second kappa shape index (κ2) is 13.3. The van der Waals surface area contributed by atoms with Crippen LogP contribution < -0.4 is 14.2 Å². The molecule has 1 heterocycles. The average Bonchev–Trinajstić information content (AvgIpc) is 3.36. The summed E-state index contributed by atoms with van der Waals surface area (Å²) in [6.45, 7) is 2.00. The molecular formula is C26H31N3O6. The van der Waals surface area contributed by atoms with Gasteiger partial charge in [0, 0.05) is 31.6 Å². The number of nitrogens with zero attached hydrogens (tertiary/aromatic N) is 3. The van der Waals surface area contributed by atoms with Crippen LogP contribution in [0.2, 0.25) is 0 Å².